The van der Waals surface area contributed by atoms with Crippen molar-refractivity contribution < 1.29 is 9.90 Å². The Morgan fingerprint density at radius 2 is 2.08 bits per heavy atom. The summed E-state index contributed by atoms with van der Waals surface area (Å²) < 4.78 is 0. The molecule has 1 N–H and O–H groups in total. The van der Waals surface area contributed by atoms with E-state index >= 15 is 0 Å². The van der Waals surface area contributed by atoms with Crippen LogP contribution < -0.4 is 0 Å². The van der Waals surface area contributed by atoms with E-state index in [1.165, 1.54) is 5.56 Å². The number of carbonyl (C=O) groups excluding carboxylic acids is 1. The summed E-state index contributed by atoms with van der Waals surface area (Å²) in [5, 5.41) is 8.74. The Balaban J connectivity index is 1.61. The Morgan fingerprint density at radius 3 is 2.80 bits per heavy atom. The van der Waals surface area contributed by atoms with Gasteiger partial charge in [-0.2, -0.15) is 0 Å². The van der Waals surface area contributed by atoms with Crippen molar-refractivity contribution in [1.82, 2.24) is 9.88 Å². The highest BCUT2D eigenvalue weighted by Crippen LogP contribution is 2.21. The van der Waals surface area contributed by atoms with Gasteiger partial charge in [0.1, 0.15) is 12.3 Å². The van der Waals surface area contributed by atoms with E-state index in [1.54, 1.807) is 12.3 Å². The number of pyridine rings is 1. The molecule has 128 valence electrons. The van der Waals surface area contributed by atoms with Crippen molar-refractivity contribution in [2.24, 2.45) is 5.92 Å². The fourth-order valence-electron chi connectivity index (χ4n) is 3.22. The molecule has 4 nitrogen and oxygen atoms in total. The maximum atomic E-state index is 12.6. The van der Waals surface area contributed by atoms with Crippen LogP contribution in [-0.2, 0) is 6.54 Å². The van der Waals surface area contributed by atoms with Crippen LogP contribution in [0.3, 0.4) is 0 Å². The summed E-state index contributed by atoms with van der Waals surface area (Å²) in [6.07, 6.45) is 3.64. The number of likely N-dealkylation sites (tertiary alicyclic amines) is 1. The van der Waals surface area contributed by atoms with Gasteiger partial charge in [-0.15, -0.1) is 0 Å². The van der Waals surface area contributed by atoms with Crippen LogP contribution in [-0.4, -0.2) is 40.5 Å². The van der Waals surface area contributed by atoms with Crippen molar-refractivity contribution in [1.29, 1.82) is 0 Å². The van der Waals surface area contributed by atoms with E-state index in [-0.39, 0.29) is 18.3 Å². The Labute approximate surface area is 148 Å². The normalized spacial score (nSPS) is 17.6. The predicted octanol–water partition coefficient (Wildman–Crippen LogP) is 2.52. The molecule has 1 aliphatic heterocycles. The predicted molar refractivity (Wildman–Crippen MR) is 97.0 cm³/mol. The molecule has 4 heteroatoms. The molecule has 1 atom stereocenters. The second kappa shape index (κ2) is 8.57. The lowest BCUT2D eigenvalue weighted by molar-refractivity contribution is 0.0806. The van der Waals surface area contributed by atoms with Gasteiger partial charge in [-0.1, -0.05) is 30.0 Å². The molecule has 0 amide bonds. The molecule has 3 rings (SSSR count). The molecule has 0 aliphatic carbocycles. The highest BCUT2D eigenvalue weighted by molar-refractivity contribution is 5.96. The minimum Gasteiger partial charge on any atom is -0.384 e. The molecule has 25 heavy (non-hydrogen) atoms. The standard InChI is InChI=1S/C21H22N2O2/c24-14-4-5-17-8-10-18(11-9-17)15-23-13-3-6-19(16-23)21(25)20-7-1-2-12-22-20/h1-2,7-12,19,24H,3,6,13-16H2. The van der Waals surface area contributed by atoms with Crippen LogP contribution >= 0.6 is 0 Å². The Morgan fingerprint density at radius 1 is 1.24 bits per heavy atom. The van der Waals surface area contributed by atoms with Gasteiger partial charge in [-0.3, -0.25) is 14.7 Å². The number of aliphatic hydroxyl groups excluding tert-OH is 1. The highest BCUT2D eigenvalue weighted by atomic mass is 16.2. The van der Waals surface area contributed by atoms with Gasteiger partial charge in [0.15, 0.2) is 5.78 Å². The van der Waals surface area contributed by atoms with E-state index in [4.69, 9.17) is 5.11 Å². The SMILES string of the molecule is O=C(c1ccccn1)C1CCCN(Cc2ccc(C#CCO)cc2)C1. The lowest BCUT2D eigenvalue weighted by Gasteiger charge is -2.31. The first-order valence-corrected chi connectivity index (χ1v) is 8.62. The molecular formula is C21H22N2O2. The number of nitrogens with zero attached hydrogens (tertiary/aromatic N) is 2. The first-order valence-electron chi connectivity index (χ1n) is 8.62. The number of aliphatic hydroxyl groups is 1. The average molecular weight is 334 g/mol. The number of Topliss-reactive ketones (excluding diaryl/α,β-unsaturated/α-hetero) is 1. The fourth-order valence-corrected chi connectivity index (χ4v) is 3.22. The topological polar surface area (TPSA) is 53.4 Å². The van der Waals surface area contributed by atoms with Crippen molar-refractivity contribution >= 4 is 5.78 Å². The number of benzene rings is 1. The third-order valence-corrected chi connectivity index (χ3v) is 4.47. The monoisotopic (exact) mass is 334 g/mol. The first-order chi connectivity index (χ1) is 12.3. The van der Waals surface area contributed by atoms with Crippen LogP contribution in [0.15, 0.2) is 48.7 Å². The summed E-state index contributed by atoms with van der Waals surface area (Å²) in [5.41, 5.74) is 2.68. The van der Waals surface area contributed by atoms with Crippen molar-refractivity contribution in [2.75, 3.05) is 19.7 Å². The Hall–Kier alpha value is -2.48. The summed E-state index contributed by atoms with van der Waals surface area (Å²) in [4.78, 5) is 19.2. The quantitative estimate of drug-likeness (QED) is 0.689. The van der Waals surface area contributed by atoms with E-state index in [2.05, 4.69) is 33.9 Å². The van der Waals surface area contributed by atoms with E-state index in [1.807, 2.05) is 24.3 Å². The molecule has 1 fully saturated rings. The molecule has 1 unspecified atom stereocenters. The van der Waals surface area contributed by atoms with Gasteiger partial charge in [-0.05, 0) is 49.2 Å². The Bertz CT molecular complexity index is 760. The van der Waals surface area contributed by atoms with Crippen molar-refractivity contribution in [3.8, 4) is 11.8 Å². The lowest BCUT2D eigenvalue weighted by Crippen LogP contribution is -2.38. The largest absolute Gasteiger partial charge is 0.384 e. The third kappa shape index (κ3) is 4.76. The minimum absolute atomic E-state index is 0.0262. The number of hydrogen-bond donors (Lipinski definition) is 1. The summed E-state index contributed by atoms with van der Waals surface area (Å²) >= 11 is 0. The lowest BCUT2D eigenvalue weighted by atomic mass is 9.91. The van der Waals surface area contributed by atoms with Crippen LogP contribution in [0.5, 0.6) is 0 Å². The van der Waals surface area contributed by atoms with Crippen molar-refractivity contribution in [3.63, 3.8) is 0 Å². The molecule has 1 saturated heterocycles. The van der Waals surface area contributed by atoms with Gasteiger partial charge < -0.3 is 5.11 Å². The first kappa shape index (κ1) is 17.3. The number of piperidine rings is 1. The molecule has 0 spiro atoms. The molecule has 1 aliphatic rings. The van der Waals surface area contributed by atoms with Gasteiger partial charge in [-0.25, -0.2) is 0 Å². The highest BCUT2D eigenvalue weighted by Gasteiger charge is 2.27. The van der Waals surface area contributed by atoms with Gasteiger partial charge in [0.2, 0.25) is 0 Å². The van der Waals surface area contributed by atoms with Gasteiger partial charge in [0, 0.05) is 30.8 Å². The van der Waals surface area contributed by atoms with Crippen LogP contribution in [0.4, 0.5) is 0 Å². The van der Waals surface area contributed by atoms with E-state index in [0.29, 0.717) is 5.69 Å². The van der Waals surface area contributed by atoms with Crippen molar-refractivity contribution in [2.45, 2.75) is 19.4 Å². The van der Waals surface area contributed by atoms with E-state index in [9.17, 15) is 4.79 Å². The zero-order valence-electron chi connectivity index (χ0n) is 14.2. The molecular weight excluding hydrogens is 312 g/mol. The second-order valence-corrected chi connectivity index (χ2v) is 6.31. The summed E-state index contributed by atoms with van der Waals surface area (Å²) in [5.74, 6) is 5.73. The third-order valence-electron chi connectivity index (χ3n) is 4.47. The van der Waals surface area contributed by atoms with Crippen molar-refractivity contribution in [3.05, 3.63) is 65.5 Å². The molecule has 0 radical (unpaired) electrons. The van der Waals surface area contributed by atoms with Gasteiger partial charge in [0.05, 0.1) is 0 Å². The second-order valence-electron chi connectivity index (χ2n) is 6.31. The summed E-state index contributed by atoms with van der Waals surface area (Å²) in [6.45, 7) is 2.50. The molecule has 2 aromatic rings. The number of carbonyl (C=O) groups is 1. The maximum absolute atomic E-state index is 12.6. The van der Waals surface area contributed by atoms with Crippen LogP contribution in [0.1, 0.15) is 34.5 Å². The Kier molecular flexibility index (Phi) is 5.95. The van der Waals surface area contributed by atoms with Crippen LogP contribution in [0.2, 0.25) is 0 Å². The molecule has 1 aromatic carbocycles. The summed E-state index contributed by atoms with van der Waals surface area (Å²) in [6, 6.07) is 13.6. The number of aromatic nitrogens is 1. The van der Waals surface area contributed by atoms with E-state index < -0.39 is 0 Å². The fraction of sp³-hybridized carbons (Fsp3) is 0.333. The molecule has 1 aromatic heterocycles. The molecule has 2 heterocycles. The zero-order valence-corrected chi connectivity index (χ0v) is 14.2. The van der Waals surface area contributed by atoms with E-state index in [0.717, 1.165) is 38.0 Å². The smallest absolute Gasteiger partial charge is 0.185 e. The summed E-state index contributed by atoms with van der Waals surface area (Å²) in [7, 11) is 0. The number of hydrogen-bond acceptors (Lipinski definition) is 4. The number of ketones is 1. The maximum Gasteiger partial charge on any atom is 0.185 e. The number of rotatable bonds is 4. The minimum atomic E-state index is -0.124. The van der Waals surface area contributed by atoms with Crippen LogP contribution in [0, 0.1) is 17.8 Å². The molecule has 0 saturated carbocycles. The van der Waals surface area contributed by atoms with Gasteiger partial charge >= 0.3 is 0 Å². The average Bonchev–Trinajstić information content (AvgIpc) is 2.68. The van der Waals surface area contributed by atoms with Crippen LogP contribution in [0.25, 0.3) is 0 Å². The zero-order chi connectivity index (χ0) is 17.5. The van der Waals surface area contributed by atoms with Gasteiger partial charge in [0.25, 0.3) is 0 Å². The molecule has 0 bridgehead atoms.